The van der Waals surface area contributed by atoms with Crippen LogP contribution in [0.1, 0.15) is 52.9 Å². The van der Waals surface area contributed by atoms with Crippen LogP contribution < -0.4 is 11.1 Å². The molecular formula is C19H29F6N3O4. The van der Waals surface area contributed by atoms with E-state index < -0.39 is 48.7 Å². The number of ketones is 2. The number of unbranched alkanes of at least 4 members (excludes halogenated alkanes) is 1. The van der Waals surface area contributed by atoms with Gasteiger partial charge in [0, 0.05) is 18.8 Å². The molecule has 0 aromatic heterocycles. The van der Waals surface area contributed by atoms with Crippen molar-refractivity contribution in [2.24, 2.45) is 17.6 Å². The Bertz CT molecular complexity index is 650. The summed E-state index contributed by atoms with van der Waals surface area (Å²) in [6.45, 7) is 3.03. The lowest BCUT2D eigenvalue weighted by molar-refractivity contribution is -0.319. The lowest BCUT2D eigenvalue weighted by Crippen LogP contribution is -2.49. The molecule has 7 nitrogen and oxygen atoms in total. The van der Waals surface area contributed by atoms with Gasteiger partial charge in [0.15, 0.2) is 5.78 Å². The number of ether oxygens (including phenoxy) is 1. The van der Waals surface area contributed by atoms with Gasteiger partial charge in [-0.25, -0.2) is 0 Å². The molecule has 4 N–H and O–H groups in total. The van der Waals surface area contributed by atoms with Crippen LogP contribution in [0.4, 0.5) is 26.3 Å². The Kier molecular flexibility index (Phi) is 11.9. The average molecular weight is 477 g/mol. The van der Waals surface area contributed by atoms with Crippen LogP contribution >= 0.6 is 0 Å². The normalized spacial score (nSPS) is 14.3. The molecule has 0 heterocycles. The molecule has 0 aliphatic heterocycles. The molecule has 0 fully saturated rings. The topological polar surface area (TPSA) is 122 Å². The monoisotopic (exact) mass is 477 g/mol. The number of Topliss-reactive ketones (excluding diaryl/α,β-unsaturated/α-hetero) is 2. The Morgan fingerprint density at radius 3 is 1.97 bits per heavy atom. The number of rotatable bonds is 14. The Balaban J connectivity index is 5.40. The third kappa shape index (κ3) is 11.4. The predicted molar refractivity (Wildman–Crippen MR) is 103 cm³/mol. The van der Waals surface area contributed by atoms with Gasteiger partial charge in [0.2, 0.25) is 12.0 Å². The van der Waals surface area contributed by atoms with E-state index in [0.29, 0.717) is 6.42 Å². The van der Waals surface area contributed by atoms with Gasteiger partial charge in [-0.15, -0.1) is 0 Å². The summed E-state index contributed by atoms with van der Waals surface area (Å²) in [6, 6.07) is -1.43. The summed E-state index contributed by atoms with van der Waals surface area (Å²) in [4.78, 5) is 36.3. The minimum absolute atomic E-state index is 0.116. The number of carbonyl (C=O) groups is 3. The summed E-state index contributed by atoms with van der Waals surface area (Å²) in [5, 5.41) is 9.48. The molecule has 2 atom stereocenters. The van der Waals surface area contributed by atoms with Crippen LogP contribution in [0.2, 0.25) is 0 Å². The summed E-state index contributed by atoms with van der Waals surface area (Å²) in [7, 11) is 0. The molecule has 32 heavy (non-hydrogen) atoms. The quantitative estimate of drug-likeness (QED) is 0.153. The van der Waals surface area contributed by atoms with Gasteiger partial charge in [0.05, 0.1) is 11.9 Å². The highest BCUT2D eigenvalue weighted by Crippen LogP contribution is 2.35. The molecule has 0 radical (unpaired) electrons. The molecule has 0 rings (SSSR count). The third-order valence-electron chi connectivity index (χ3n) is 4.53. The van der Waals surface area contributed by atoms with Crippen LogP contribution in [0.15, 0.2) is 0 Å². The van der Waals surface area contributed by atoms with E-state index in [1.807, 2.05) is 0 Å². The van der Waals surface area contributed by atoms with Gasteiger partial charge in [-0.1, -0.05) is 20.3 Å². The van der Waals surface area contributed by atoms with Crippen LogP contribution in [-0.4, -0.2) is 54.4 Å². The zero-order chi connectivity index (χ0) is 25.3. The van der Waals surface area contributed by atoms with Crippen molar-refractivity contribution in [2.75, 3.05) is 6.61 Å². The summed E-state index contributed by atoms with van der Waals surface area (Å²) in [6.07, 6.45) is -15.3. The van der Waals surface area contributed by atoms with Gasteiger partial charge in [-0.3, -0.25) is 15.0 Å². The van der Waals surface area contributed by atoms with Crippen molar-refractivity contribution in [1.29, 1.82) is 5.41 Å². The van der Waals surface area contributed by atoms with Crippen molar-refractivity contribution >= 4 is 23.3 Å². The molecule has 13 heteroatoms. The number of hydrogen-bond donors (Lipinski definition) is 3. The van der Waals surface area contributed by atoms with Crippen LogP contribution in [0.3, 0.4) is 0 Å². The molecule has 0 aromatic rings. The molecule has 0 unspecified atom stereocenters. The fraction of sp³-hybridized carbons (Fsp3) is 0.789. The largest absolute Gasteiger partial charge is 0.423 e. The number of carbonyl (C=O) groups excluding carboxylic acids is 3. The van der Waals surface area contributed by atoms with Crippen LogP contribution in [0.5, 0.6) is 0 Å². The lowest BCUT2D eigenvalue weighted by Gasteiger charge is -2.26. The van der Waals surface area contributed by atoms with Crippen molar-refractivity contribution in [1.82, 2.24) is 5.32 Å². The minimum atomic E-state index is -5.77. The molecule has 0 bridgehead atoms. The molecule has 0 aliphatic carbocycles. The first kappa shape index (κ1) is 29.8. The Morgan fingerprint density at radius 2 is 1.56 bits per heavy atom. The number of nitrogens with one attached hydrogen (secondary N) is 2. The Hall–Kier alpha value is -2.18. The number of alkyl halides is 6. The van der Waals surface area contributed by atoms with Gasteiger partial charge in [-0.05, 0) is 25.7 Å². The highest BCUT2D eigenvalue weighted by atomic mass is 19.4. The van der Waals surface area contributed by atoms with Gasteiger partial charge in [-0.2, -0.15) is 26.3 Å². The molecule has 1 amide bonds. The maximum Gasteiger partial charge on any atom is 0.423 e. The van der Waals surface area contributed by atoms with Crippen LogP contribution in [0.25, 0.3) is 0 Å². The first-order chi connectivity index (χ1) is 14.5. The van der Waals surface area contributed by atoms with E-state index in [0.717, 1.165) is 0 Å². The predicted octanol–water partition coefficient (Wildman–Crippen LogP) is 3.30. The lowest BCUT2D eigenvalue weighted by atomic mass is 9.89. The molecule has 186 valence electrons. The molecule has 0 aromatic carbocycles. The van der Waals surface area contributed by atoms with E-state index in [-0.39, 0.29) is 43.2 Å². The second-order valence-electron chi connectivity index (χ2n) is 7.83. The van der Waals surface area contributed by atoms with Crippen LogP contribution in [0, 0.1) is 17.2 Å². The number of amides is 1. The molecule has 0 spiro atoms. The van der Waals surface area contributed by atoms with Crippen molar-refractivity contribution in [3.05, 3.63) is 0 Å². The van der Waals surface area contributed by atoms with E-state index in [9.17, 15) is 40.7 Å². The van der Waals surface area contributed by atoms with E-state index >= 15 is 0 Å². The fourth-order valence-electron chi connectivity index (χ4n) is 2.84. The molecule has 0 aliphatic rings. The van der Waals surface area contributed by atoms with Crippen molar-refractivity contribution < 1.29 is 45.5 Å². The minimum Gasteiger partial charge on any atom is -0.388 e. The first-order valence-corrected chi connectivity index (χ1v) is 9.87. The fourth-order valence-corrected chi connectivity index (χ4v) is 2.84. The van der Waals surface area contributed by atoms with E-state index in [4.69, 9.17) is 11.1 Å². The highest BCUT2D eigenvalue weighted by molar-refractivity contribution is 5.92. The van der Waals surface area contributed by atoms with Crippen molar-refractivity contribution in [2.45, 2.75) is 77.4 Å². The van der Waals surface area contributed by atoms with Gasteiger partial charge in [0.1, 0.15) is 12.4 Å². The van der Waals surface area contributed by atoms with E-state index in [1.165, 1.54) is 6.92 Å². The number of nitrogens with two attached hydrogens (primary N) is 1. The summed E-state index contributed by atoms with van der Waals surface area (Å²) >= 11 is 0. The third-order valence-corrected chi connectivity index (χ3v) is 4.53. The van der Waals surface area contributed by atoms with Crippen molar-refractivity contribution in [3.63, 3.8) is 0 Å². The molecular weight excluding hydrogens is 448 g/mol. The van der Waals surface area contributed by atoms with Gasteiger partial charge in [0.25, 0.3) is 0 Å². The number of halogens is 6. The second kappa shape index (κ2) is 12.8. The standard InChI is InChI=1S/C19H29F6N3O4/c1-10(2)12(8-11(3)29)16(31)28-13(6-4-5-7-15(26)27)14(30)9-32-17(18(20,21)22)19(23,24)25/h10,12-13,17H,4-9H2,1-3H3,(H3,26,27)(H,28,31)/t12-,13-/m0/s1. The zero-order valence-corrected chi connectivity index (χ0v) is 18.0. The molecule has 0 saturated heterocycles. The smallest absolute Gasteiger partial charge is 0.388 e. The average Bonchev–Trinajstić information content (AvgIpc) is 2.59. The van der Waals surface area contributed by atoms with Gasteiger partial charge >= 0.3 is 12.4 Å². The molecule has 0 saturated carbocycles. The second-order valence-corrected chi connectivity index (χ2v) is 7.83. The van der Waals surface area contributed by atoms with Crippen LogP contribution in [-0.2, 0) is 19.1 Å². The zero-order valence-electron chi connectivity index (χ0n) is 18.0. The van der Waals surface area contributed by atoms with Gasteiger partial charge < -0.3 is 20.6 Å². The Morgan fingerprint density at radius 1 is 1.03 bits per heavy atom. The highest BCUT2D eigenvalue weighted by Gasteiger charge is 2.58. The SMILES string of the molecule is CC(=O)C[C@H](C(=O)N[C@@H](CCCCC(=N)N)C(=O)COC(C(F)(F)F)C(F)(F)F)C(C)C. The summed E-state index contributed by atoms with van der Waals surface area (Å²) in [5.41, 5.74) is 5.21. The number of amidine groups is 1. The van der Waals surface area contributed by atoms with Crippen molar-refractivity contribution in [3.8, 4) is 0 Å². The van der Waals surface area contributed by atoms with E-state index in [2.05, 4.69) is 10.1 Å². The van der Waals surface area contributed by atoms with E-state index in [1.54, 1.807) is 13.8 Å². The number of hydrogen-bond acceptors (Lipinski definition) is 5. The first-order valence-electron chi connectivity index (χ1n) is 9.87. The maximum absolute atomic E-state index is 12.6. The maximum atomic E-state index is 12.6. The summed E-state index contributed by atoms with van der Waals surface area (Å²) < 4.78 is 79.6. The Labute approximate surface area is 181 Å². The summed E-state index contributed by atoms with van der Waals surface area (Å²) in [5.74, 6) is -3.49.